The van der Waals surface area contributed by atoms with Gasteiger partial charge in [0.2, 0.25) is 5.91 Å². The third kappa shape index (κ3) is 6.49. The van der Waals surface area contributed by atoms with E-state index < -0.39 is 35.6 Å². The topological polar surface area (TPSA) is 121 Å². The highest BCUT2D eigenvalue weighted by molar-refractivity contribution is 7.12. The van der Waals surface area contributed by atoms with Crippen molar-refractivity contribution in [2.24, 2.45) is 17.1 Å². The molecule has 1 saturated carbocycles. The van der Waals surface area contributed by atoms with Crippen molar-refractivity contribution in [3.05, 3.63) is 45.1 Å². The van der Waals surface area contributed by atoms with Crippen molar-refractivity contribution in [1.29, 1.82) is 0 Å². The minimum absolute atomic E-state index is 0.175. The molecular formula is C22H30ClNO5S. The summed E-state index contributed by atoms with van der Waals surface area (Å²) in [4.78, 5) is 24.8. The van der Waals surface area contributed by atoms with Crippen LogP contribution in [-0.2, 0) is 16.0 Å². The Morgan fingerprint density at radius 2 is 2.17 bits per heavy atom. The fourth-order valence-corrected chi connectivity index (χ4v) is 5.32. The Kier molecular flexibility index (Phi) is 9.25. The number of primary amides is 1. The Hall–Kier alpha value is -1.51. The van der Waals surface area contributed by atoms with Crippen molar-refractivity contribution < 1.29 is 24.9 Å². The summed E-state index contributed by atoms with van der Waals surface area (Å²) in [5.41, 5.74) is 4.12. The molecule has 0 saturated heterocycles. The first kappa shape index (κ1) is 24.8. The highest BCUT2D eigenvalue weighted by Gasteiger charge is 2.49. The molecule has 5 N–H and O–H groups in total. The van der Waals surface area contributed by atoms with Crippen molar-refractivity contribution in [2.45, 2.75) is 63.8 Å². The van der Waals surface area contributed by atoms with Crippen LogP contribution >= 0.6 is 22.9 Å². The van der Waals surface area contributed by atoms with Crippen LogP contribution in [0.1, 0.15) is 41.9 Å². The fourth-order valence-electron chi connectivity index (χ4n) is 4.06. The number of halogens is 1. The monoisotopic (exact) mass is 455 g/mol. The van der Waals surface area contributed by atoms with Crippen LogP contribution in [0.25, 0.3) is 0 Å². The summed E-state index contributed by atoms with van der Waals surface area (Å²) in [6, 6.07) is 1.90. The Balaban J connectivity index is 2.08. The number of carbonyl (C=O) groups excluding carboxylic acids is 2. The Bertz CT molecular complexity index is 773. The zero-order valence-electron chi connectivity index (χ0n) is 17.0. The molecule has 1 unspecified atom stereocenters. The molecule has 1 amide bonds. The van der Waals surface area contributed by atoms with Crippen molar-refractivity contribution in [3.63, 3.8) is 0 Å². The van der Waals surface area contributed by atoms with Gasteiger partial charge in [-0.3, -0.25) is 4.79 Å². The number of aryl methyl sites for hydroxylation is 2. The van der Waals surface area contributed by atoms with Crippen molar-refractivity contribution in [3.8, 4) is 0 Å². The van der Waals surface area contributed by atoms with Crippen LogP contribution < -0.4 is 5.73 Å². The first-order chi connectivity index (χ1) is 14.2. The van der Waals surface area contributed by atoms with Gasteiger partial charge < -0.3 is 25.8 Å². The van der Waals surface area contributed by atoms with Gasteiger partial charge in [-0.25, -0.2) is 0 Å². The standard InChI is InChI=1S/C22H30ClNO5S/c1-14-19(23)11-18(30-14)7-6-16(26)8-9-22(12-17(27)10-20(22)28)15(13-25)4-2-3-5-21(24)29/h3,5,8-9,11,13,15-17,20,26-28H,2,4,6-7,10,12H2,1H3,(H2,24,29)/b5-3-,9-8+/t15-,16?,17-,20-,22-/m0/s1. The molecule has 1 aromatic heterocycles. The van der Waals surface area contributed by atoms with Crippen molar-refractivity contribution >= 4 is 35.1 Å². The smallest absolute Gasteiger partial charge is 0.241 e. The van der Waals surface area contributed by atoms with E-state index in [1.54, 1.807) is 29.6 Å². The number of nitrogens with two attached hydrogens (primary N) is 1. The largest absolute Gasteiger partial charge is 0.393 e. The zero-order chi connectivity index (χ0) is 22.3. The molecule has 8 heteroatoms. The van der Waals surface area contributed by atoms with Crippen LogP contribution in [0.5, 0.6) is 0 Å². The number of hydrogen-bond acceptors (Lipinski definition) is 6. The molecule has 0 aliphatic heterocycles. The predicted octanol–water partition coefficient (Wildman–Crippen LogP) is 2.70. The maximum absolute atomic E-state index is 11.9. The van der Waals surface area contributed by atoms with Crippen molar-refractivity contribution in [2.75, 3.05) is 0 Å². The highest BCUT2D eigenvalue weighted by Crippen LogP contribution is 2.47. The van der Waals surface area contributed by atoms with Gasteiger partial charge in [0, 0.05) is 27.5 Å². The van der Waals surface area contributed by atoms with E-state index >= 15 is 0 Å². The van der Waals surface area contributed by atoms with Gasteiger partial charge >= 0.3 is 0 Å². The number of aldehydes is 1. The van der Waals surface area contributed by atoms with E-state index in [0.717, 1.165) is 21.1 Å². The Labute approximate surface area is 186 Å². The van der Waals surface area contributed by atoms with Crippen LogP contribution in [0.4, 0.5) is 0 Å². The second-order valence-corrected chi connectivity index (χ2v) is 9.68. The molecule has 0 aromatic carbocycles. The van der Waals surface area contributed by atoms with E-state index in [-0.39, 0.29) is 12.8 Å². The molecule has 0 spiro atoms. The molecule has 1 heterocycles. The van der Waals surface area contributed by atoms with E-state index in [2.05, 4.69) is 0 Å². The molecule has 1 fully saturated rings. The number of amides is 1. The lowest BCUT2D eigenvalue weighted by molar-refractivity contribution is -0.116. The minimum atomic E-state index is -0.953. The van der Waals surface area contributed by atoms with Gasteiger partial charge in [0.05, 0.1) is 23.3 Å². The maximum Gasteiger partial charge on any atom is 0.241 e. The number of aliphatic hydroxyl groups excluding tert-OH is 3. The number of aliphatic hydroxyl groups is 3. The van der Waals surface area contributed by atoms with Gasteiger partial charge in [-0.05, 0) is 51.2 Å². The van der Waals surface area contributed by atoms with Gasteiger partial charge in [-0.15, -0.1) is 11.3 Å². The third-order valence-corrected chi connectivity index (χ3v) is 7.32. The minimum Gasteiger partial charge on any atom is -0.393 e. The molecule has 6 nitrogen and oxygen atoms in total. The molecular weight excluding hydrogens is 426 g/mol. The summed E-state index contributed by atoms with van der Waals surface area (Å²) in [5, 5.41) is 31.9. The molecule has 0 bridgehead atoms. The second kappa shape index (κ2) is 11.2. The highest BCUT2D eigenvalue weighted by atomic mass is 35.5. The van der Waals surface area contributed by atoms with Gasteiger partial charge in [0.25, 0.3) is 0 Å². The molecule has 1 aromatic rings. The van der Waals surface area contributed by atoms with Gasteiger partial charge in [-0.1, -0.05) is 29.8 Å². The summed E-state index contributed by atoms with van der Waals surface area (Å²) in [5.74, 6) is -1.13. The van der Waals surface area contributed by atoms with Gasteiger partial charge in [-0.2, -0.15) is 0 Å². The molecule has 1 aliphatic rings. The first-order valence-electron chi connectivity index (χ1n) is 10.1. The molecule has 5 atom stereocenters. The number of hydrogen-bond donors (Lipinski definition) is 4. The van der Waals surface area contributed by atoms with Gasteiger partial charge in [0.1, 0.15) is 6.29 Å². The lowest BCUT2D eigenvalue weighted by atomic mass is 9.70. The van der Waals surface area contributed by atoms with Crippen molar-refractivity contribution in [1.82, 2.24) is 0 Å². The zero-order valence-corrected chi connectivity index (χ0v) is 18.6. The maximum atomic E-state index is 11.9. The quantitative estimate of drug-likeness (QED) is 0.232. The lowest BCUT2D eigenvalue weighted by Gasteiger charge is -2.35. The Morgan fingerprint density at radius 1 is 1.43 bits per heavy atom. The molecule has 1 aliphatic carbocycles. The number of carbonyl (C=O) groups is 2. The normalized spacial score (nSPS) is 26.4. The average molecular weight is 456 g/mol. The lowest BCUT2D eigenvalue weighted by Crippen LogP contribution is -2.37. The van der Waals surface area contributed by atoms with Gasteiger partial charge in [0.15, 0.2) is 0 Å². The van der Waals surface area contributed by atoms with Crippen LogP contribution in [0, 0.1) is 18.3 Å². The Morgan fingerprint density at radius 3 is 2.70 bits per heavy atom. The van der Waals surface area contributed by atoms with Crippen LogP contribution in [0.3, 0.4) is 0 Å². The molecule has 0 radical (unpaired) electrons. The van der Waals surface area contributed by atoms with E-state index in [1.807, 2.05) is 13.0 Å². The summed E-state index contributed by atoms with van der Waals surface area (Å²) in [7, 11) is 0. The number of allylic oxidation sites excluding steroid dienone is 1. The van der Waals surface area contributed by atoms with E-state index in [0.29, 0.717) is 25.7 Å². The first-order valence-corrected chi connectivity index (χ1v) is 11.3. The van der Waals surface area contributed by atoms with E-state index in [4.69, 9.17) is 17.3 Å². The summed E-state index contributed by atoms with van der Waals surface area (Å²) in [6.07, 6.45) is 6.94. The number of rotatable bonds is 11. The third-order valence-electron chi connectivity index (χ3n) is 5.71. The van der Waals surface area contributed by atoms with E-state index in [1.165, 1.54) is 6.08 Å². The fraction of sp³-hybridized carbons (Fsp3) is 0.545. The number of thiophene rings is 1. The molecule has 166 valence electrons. The molecule has 2 rings (SSSR count). The van der Waals surface area contributed by atoms with Crippen LogP contribution in [0.15, 0.2) is 30.4 Å². The van der Waals surface area contributed by atoms with Crippen LogP contribution in [0.2, 0.25) is 5.02 Å². The molecule has 30 heavy (non-hydrogen) atoms. The van der Waals surface area contributed by atoms with Crippen LogP contribution in [-0.4, -0.2) is 45.8 Å². The summed E-state index contributed by atoms with van der Waals surface area (Å²) < 4.78 is 0. The summed E-state index contributed by atoms with van der Waals surface area (Å²) >= 11 is 7.67. The van der Waals surface area contributed by atoms with E-state index in [9.17, 15) is 24.9 Å². The predicted molar refractivity (Wildman–Crippen MR) is 118 cm³/mol. The second-order valence-electron chi connectivity index (χ2n) is 7.93. The SMILES string of the molecule is Cc1sc(CCC(O)/C=C/[C@@]2([C@H](C=O)CC/C=C\C(N)=O)C[C@@H](O)C[C@@H]2O)cc1Cl. The average Bonchev–Trinajstić information content (AvgIpc) is 3.16. The summed E-state index contributed by atoms with van der Waals surface area (Å²) in [6.45, 7) is 1.95.